The van der Waals surface area contributed by atoms with Crippen LogP contribution in [-0.4, -0.2) is 59.1 Å². The molecule has 2 aromatic carbocycles. The van der Waals surface area contributed by atoms with Gasteiger partial charge >= 0.3 is 5.97 Å². The average Bonchev–Trinajstić information content (AvgIpc) is 3.20. The van der Waals surface area contributed by atoms with Crippen LogP contribution in [0.25, 0.3) is 11.3 Å². The van der Waals surface area contributed by atoms with E-state index in [9.17, 15) is 14.0 Å². The van der Waals surface area contributed by atoms with E-state index in [4.69, 9.17) is 20.9 Å². The Bertz CT molecular complexity index is 1160. The predicted molar refractivity (Wildman–Crippen MR) is 125 cm³/mol. The molecule has 0 unspecified atom stereocenters. The molecule has 178 valence electrons. The molecule has 1 aromatic heterocycles. The second-order valence-electron chi connectivity index (χ2n) is 8.19. The lowest BCUT2D eigenvalue weighted by molar-refractivity contribution is -0.141. The van der Waals surface area contributed by atoms with E-state index in [2.05, 4.69) is 22.2 Å². The largest absolute Gasteiger partial charge is 0.449 e. The maximum absolute atomic E-state index is 14.4. The van der Waals surface area contributed by atoms with Gasteiger partial charge in [-0.05, 0) is 31.5 Å². The minimum Gasteiger partial charge on any atom is -0.449 e. The summed E-state index contributed by atoms with van der Waals surface area (Å²) in [4.78, 5) is 29.8. The van der Waals surface area contributed by atoms with E-state index in [-0.39, 0.29) is 33.5 Å². The van der Waals surface area contributed by atoms with Gasteiger partial charge in [-0.1, -0.05) is 53.2 Å². The van der Waals surface area contributed by atoms with Crippen molar-refractivity contribution in [2.45, 2.75) is 26.5 Å². The molecule has 1 fully saturated rings. The number of ether oxygens (including phenoxy) is 1. The fourth-order valence-corrected chi connectivity index (χ4v) is 4.25. The monoisotopic (exact) mass is 485 g/mol. The fraction of sp³-hybridized carbons (Fsp3) is 0.320. The van der Waals surface area contributed by atoms with Crippen molar-refractivity contribution in [3.63, 3.8) is 0 Å². The molecule has 0 spiro atoms. The van der Waals surface area contributed by atoms with E-state index in [0.29, 0.717) is 13.1 Å². The van der Waals surface area contributed by atoms with Gasteiger partial charge in [-0.25, -0.2) is 9.18 Å². The number of nitrogens with zero attached hydrogens (tertiary/aromatic N) is 3. The highest BCUT2D eigenvalue weighted by molar-refractivity contribution is 6.33. The van der Waals surface area contributed by atoms with Gasteiger partial charge in [-0.2, -0.15) is 0 Å². The number of benzene rings is 2. The third-order valence-corrected chi connectivity index (χ3v) is 6.15. The van der Waals surface area contributed by atoms with Crippen molar-refractivity contribution < 1.29 is 23.2 Å². The number of aryl methyl sites for hydroxylation is 1. The number of rotatable bonds is 6. The Hall–Kier alpha value is -3.23. The summed E-state index contributed by atoms with van der Waals surface area (Å²) in [6.07, 6.45) is -1.02. The Morgan fingerprint density at radius 1 is 1.12 bits per heavy atom. The Labute approximate surface area is 202 Å². The summed E-state index contributed by atoms with van der Waals surface area (Å²) in [5.41, 5.74) is 1.06. The molecule has 2 heterocycles. The van der Waals surface area contributed by atoms with Crippen LogP contribution >= 0.6 is 11.6 Å². The lowest BCUT2D eigenvalue weighted by atomic mass is 10.1. The number of halogens is 2. The smallest absolute Gasteiger partial charge is 0.344 e. The summed E-state index contributed by atoms with van der Waals surface area (Å²) in [5, 5.41) is 3.90. The summed E-state index contributed by atoms with van der Waals surface area (Å²) in [6, 6.07) is 14.3. The molecule has 1 aliphatic rings. The first-order valence-electron chi connectivity index (χ1n) is 11.0. The fourth-order valence-electron chi connectivity index (χ4n) is 4.00. The molecule has 0 N–H and O–H groups in total. The Balaban J connectivity index is 1.39. The van der Waals surface area contributed by atoms with E-state index >= 15 is 0 Å². The van der Waals surface area contributed by atoms with Gasteiger partial charge < -0.3 is 14.2 Å². The van der Waals surface area contributed by atoms with Crippen LogP contribution in [0, 0.1) is 12.7 Å². The van der Waals surface area contributed by atoms with Crippen molar-refractivity contribution in [1.29, 1.82) is 0 Å². The van der Waals surface area contributed by atoms with Crippen LogP contribution in [0.3, 0.4) is 0 Å². The van der Waals surface area contributed by atoms with Gasteiger partial charge in [0.1, 0.15) is 22.8 Å². The Morgan fingerprint density at radius 2 is 1.82 bits per heavy atom. The minimum absolute atomic E-state index is 0.0542. The zero-order chi connectivity index (χ0) is 24.2. The number of hydrogen-bond donors (Lipinski definition) is 0. The summed E-state index contributed by atoms with van der Waals surface area (Å²) < 4.78 is 25.0. The molecule has 1 amide bonds. The summed E-state index contributed by atoms with van der Waals surface area (Å²) in [7, 11) is 0. The molecule has 3 aromatic rings. The second-order valence-corrected chi connectivity index (χ2v) is 8.60. The first-order valence-corrected chi connectivity index (χ1v) is 11.4. The zero-order valence-corrected chi connectivity index (χ0v) is 19.7. The number of carbonyl (C=O) groups excluding carboxylic acids is 2. The molecule has 1 aliphatic heterocycles. The molecular weight excluding hydrogens is 461 g/mol. The van der Waals surface area contributed by atoms with E-state index in [0.717, 1.165) is 19.6 Å². The van der Waals surface area contributed by atoms with Crippen molar-refractivity contribution >= 4 is 23.5 Å². The summed E-state index contributed by atoms with van der Waals surface area (Å²) in [6.45, 7) is 6.38. The molecule has 0 bridgehead atoms. The number of hydrogen-bond acceptors (Lipinski definition) is 6. The van der Waals surface area contributed by atoms with E-state index in [1.807, 2.05) is 18.2 Å². The first-order chi connectivity index (χ1) is 16.3. The van der Waals surface area contributed by atoms with Crippen LogP contribution in [0.4, 0.5) is 4.39 Å². The van der Waals surface area contributed by atoms with Crippen LogP contribution < -0.4 is 0 Å². The van der Waals surface area contributed by atoms with Crippen molar-refractivity contribution in [3.05, 3.63) is 76.3 Å². The number of carbonyl (C=O) groups is 2. The number of piperazine rings is 1. The highest BCUT2D eigenvalue weighted by atomic mass is 35.5. The van der Waals surface area contributed by atoms with Crippen molar-refractivity contribution in [2.75, 3.05) is 26.2 Å². The standard InChI is InChI=1S/C25H25ClFN3O4/c1-16-21(23(28-34-16)22-19(26)9-6-10-20(22)27)25(32)33-17(2)24(31)30-13-11-29(12-14-30)15-18-7-4-3-5-8-18/h3-10,17H,11-15H2,1-2H3/t17-/m0/s1. The SMILES string of the molecule is Cc1onc(-c2c(F)cccc2Cl)c1C(=O)O[C@@H](C)C(=O)N1CCN(Cc2ccccc2)CC1. The molecule has 34 heavy (non-hydrogen) atoms. The molecule has 7 nitrogen and oxygen atoms in total. The van der Waals surface area contributed by atoms with Gasteiger partial charge in [0.2, 0.25) is 0 Å². The average molecular weight is 486 g/mol. The Morgan fingerprint density at radius 3 is 2.50 bits per heavy atom. The third kappa shape index (κ3) is 5.13. The number of esters is 1. The third-order valence-electron chi connectivity index (χ3n) is 5.83. The molecule has 0 radical (unpaired) electrons. The van der Waals surface area contributed by atoms with E-state index in [1.54, 1.807) is 4.90 Å². The van der Waals surface area contributed by atoms with Gasteiger partial charge in [-0.15, -0.1) is 0 Å². The van der Waals surface area contributed by atoms with Gasteiger partial charge in [0.05, 0.1) is 10.6 Å². The summed E-state index contributed by atoms with van der Waals surface area (Å²) in [5.74, 6) is -1.61. The molecule has 1 atom stereocenters. The second kappa shape index (κ2) is 10.4. The number of amides is 1. The van der Waals surface area contributed by atoms with E-state index < -0.39 is 17.9 Å². The van der Waals surface area contributed by atoms with Crippen LogP contribution in [0.15, 0.2) is 53.1 Å². The topological polar surface area (TPSA) is 75.9 Å². The lowest BCUT2D eigenvalue weighted by Gasteiger charge is -2.35. The summed E-state index contributed by atoms with van der Waals surface area (Å²) >= 11 is 6.13. The molecular formula is C25H25ClFN3O4. The van der Waals surface area contributed by atoms with Crippen molar-refractivity contribution in [1.82, 2.24) is 15.0 Å². The van der Waals surface area contributed by atoms with Crippen LogP contribution in [0.1, 0.15) is 28.6 Å². The highest BCUT2D eigenvalue weighted by Crippen LogP contribution is 2.34. The van der Waals surface area contributed by atoms with Gasteiger partial charge in [0, 0.05) is 32.7 Å². The van der Waals surface area contributed by atoms with E-state index in [1.165, 1.54) is 37.6 Å². The number of aromatic nitrogens is 1. The van der Waals surface area contributed by atoms with Gasteiger partial charge in [0.15, 0.2) is 6.10 Å². The van der Waals surface area contributed by atoms with Crippen LogP contribution in [0.5, 0.6) is 0 Å². The maximum Gasteiger partial charge on any atom is 0.344 e. The molecule has 0 aliphatic carbocycles. The van der Waals surface area contributed by atoms with Crippen molar-refractivity contribution in [2.24, 2.45) is 0 Å². The molecule has 4 rings (SSSR count). The molecule has 1 saturated heterocycles. The maximum atomic E-state index is 14.4. The lowest BCUT2D eigenvalue weighted by Crippen LogP contribution is -2.51. The minimum atomic E-state index is -1.02. The zero-order valence-electron chi connectivity index (χ0n) is 19.0. The normalized spacial score (nSPS) is 15.2. The Kier molecular flexibility index (Phi) is 7.29. The molecule has 9 heteroatoms. The molecule has 0 saturated carbocycles. The first kappa shape index (κ1) is 23.9. The van der Waals surface area contributed by atoms with Crippen LogP contribution in [-0.2, 0) is 16.1 Å². The highest BCUT2D eigenvalue weighted by Gasteiger charge is 2.31. The predicted octanol–water partition coefficient (Wildman–Crippen LogP) is 4.33. The van der Waals surface area contributed by atoms with Gasteiger partial charge in [-0.3, -0.25) is 9.69 Å². The van der Waals surface area contributed by atoms with Crippen molar-refractivity contribution in [3.8, 4) is 11.3 Å². The quantitative estimate of drug-likeness (QED) is 0.484. The van der Waals surface area contributed by atoms with Crippen LogP contribution in [0.2, 0.25) is 5.02 Å². The van der Waals surface area contributed by atoms with Gasteiger partial charge in [0.25, 0.3) is 5.91 Å².